The van der Waals surface area contributed by atoms with E-state index in [1.807, 2.05) is 0 Å². The molecule has 126 valence electrons. The number of fused-ring (bicyclic) bond motifs is 2. The van der Waals surface area contributed by atoms with Crippen molar-refractivity contribution < 1.29 is 13.6 Å². The van der Waals surface area contributed by atoms with E-state index in [4.69, 9.17) is 5.73 Å². The monoisotopic (exact) mass is 332 g/mol. The molecule has 3 N–H and O–H groups in total. The van der Waals surface area contributed by atoms with Gasteiger partial charge in [-0.3, -0.25) is 4.79 Å². The van der Waals surface area contributed by atoms with E-state index < -0.39 is 12.1 Å². The van der Waals surface area contributed by atoms with Crippen LogP contribution in [0.25, 0.3) is 0 Å². The molecule has 0 radical (unpaired) electrons. The standard InChI is InChI=1S/C17H18F2N4O/c18-9-1-3-14-12(7-9)11(5-6-21-14)17(24)23-15-4-2-10(19)8-13(15)16(20)22-23/h1,3,7,10-11,21H,2,4-6,8H2,(H2,20,22). The number of rotatable bonds is 1. The molecular weight excluding hydrogens is 314 g/mol. The van der Waals surface area contributed by atoms with Crippen LogP contribution in [0.5, 0.6) is 0 Å². The van der Waals surface area contributed by atoms with Crippen molar-refractivity contribution in [3.8, 4) is 0 Å². The summed E-state index contributed by atoms with van der Waals surface area (Å²) in [6, 6.07) is 4.40. The number of carbonyl (C=O) groups excluding carboxylic acids is 1. The van der Waals surface area contributed by atoms with Gasteiger partial charge in [-0.15, -0.1) is 5.10 Å². The highest BCUT2D eigenvalue weighted by atomic mass is 19.1. The minimum Gasteiger partial charge on any atom is -0.385 e. The quantitative estimate of drug-likeness (QED) is 0.842. The second kappa shape index (κ2) is 5.58. The van der Waals surface area contributed by atoms with Gasteiger partial charge in [0.05, 0.1) is 11.6 Å². The van der Waals surface area contributed by atoms with Crippen molar-refractivity contribution in [1.82, 2.24) is 9.78 Å². The fourth-order valence-electron chi connectivity index (χ4n) is 3.68. The molecule has 5 nitrogen and oxygen atoms in total. The number of carbonyl (C=O) groups is 1. The minimum absolute atomic E-state index is 0.200. The van der Waals surface area contributed by atoms with Crippen LogP contribution in [0.1, 0.15) is 40.4 Å². The smallest absolute Gasteiger partial charge is 0.254 e. The molecule has 4 rings (SSSR count). The van der Waals surface area contributed by atoms with E-state index in [2.05, 4.69) is 10.4 Å². The third-order valence-electron chi connectivity index (χ3n) is 4.89. The molecule has 1 aliphatic heterocycles. The molecule has 2 aromatic rings. The molecule has 1 aliphatic carbocycles. The van der Waals surface area contributed by atoms with Gasteiger partial charge in [-0.05, 0) is 43.0 Å². The lowest BCUT2D eigenvalue weighted by Crippen LogP contribution is -2.29. The highest BCUT2D eigenvalue weighted by Gasteiger charge is 2.33. The molecule has 2 heterocycles. The summed E-state index contributed by atoms with van der Waals surface area (Å²) in [6.45, 7) is 0.626. The van der Waals surface area contributed by atoms with Crippen LogP contribution in [0, 0.1) is 5.82 Å². The van der Waals surface area contributed by atoms with Crippen molar-refractivity contribution in [2.75, 3.05) is 17.6 Å². The number of anilines is 2. The molecule has 0 amide bonds. The Morgan fingerprint density at radius 2 is 2.21 bits per heavy atom. The lowest BCUT2D eigenvalue weighted by atomic mass is 9.89. The van der Waals surface area contributed by atoms with Gasteiger partial charge in [0.25, 0.3) is 5.91 Å². The van der Waals surface area contributed by atoms with Crippen LogP contribution in [0.15, 0.2) is 18.2 Å². The fraction of sp³-hybridized carbons (Fsp3) is 0.412. The van der Waals surface area contributed by atoms with E-state index >= 15 is 0 Å². The molecule has 2 atom stereocenters. The minimum atomic E-state index is -0.943. The number of hydrogen-bond donors (Lipinski definition) is 2. The topological polar surface area (TPSA) is 72.9 Å². The zero-order chi connectivity index (χ0) is 16.8. The molecule has 24 heavy (non-hydrogen) atoms. The average molecular weight is 332 g/mol. The predicted molar refractivity (Wildman–Crippen MR) is 86.4 cm³/mol. The Kier molecular flexibility index (Phi) is 3.51. The zero-order valence-electron chi connectivity index (χ0n) is 13.1. The molecular formula is C17H18F2N4O. The van der Waals surface area contributed by atoms with Crippen LogP contribution in [-0.2, 0) is 12.8 Å². The van der Waals surface area contributed by atoms with Crippen molar-refractivity contribution in [2.24, 2.45) is 0 Å². The third-order valence-corrected chi connectivity index (χ3v) is 4.89. The number of nitrogens with two attached hydrogens (primary N) is 1. The Hall–Kier alpha value is -2.44. The number of alkyl halides is 1. The SMILES string of the molecule is Nc1nn(C(=O)C2CCNc3ccc(F)cc32)c2c1CC(F)CC2. The Balaban J connectivity index is 1.74. The van der Waals surface area contributed by atoms with E-state index in [9.17, 15) is 13.6 Å². The first-order chi connectivity index (χ1) is 11.5. The van der Waals surface area contributed by atoms with Gasteiger partial charge in [0.15, 0.2) is 0 Å². The first kappa shape index (κ1) is 15.1. The summed E-state index contributed by atoms with van der Waals surface area (Å²) in [6.07, 6.45) is 0.610. The van der Waals surface area contributed by atoms with Gasteiger partial charge in [0, 0.05) is 24.2 Å². The number of benzene rings is 1. The summed E-state index contributed by atoms with van der Waals surface area (Å²) in [4.78, 5) is 13.0. The van der Waals surface area contributed by atoms with Crippen molar-refractivity contribution in [3.05, 3.63) is 40.8 Å². The first-order valence-electron chi connectivity index (χ1n) is 8.12. The summed E-state index contributed by atoms with van der Waals surface area (Å²) < 4.78 is 28.6. The molecule has 1 aromatic heterocycles. The Labute approximate surface area is 137 Å². The lowest BCUT2D eigenvalue weighted by molar-refractivity contribution is 0.0851. The van der Waals surface area contributed by atoms with Crippen molar-refractivity contribution >= 4 is 17.4 Å². The van der Waals surface area contributed by atoms with Crippen LogP contribution in [0.2, 0.25) is 0 Å². The summed E-state index contributed by atoms with van der Waals surface area (Å²) >= 11 is 0. The summed E-state index contributed by atoms with van der Waals surface area (Å²) in [5.74, 6) is -0.872. The molecule has 0 saturated heterocycles. The molecule has 0 fully saturated rings. The van der Waals surface area contributed by atoms with Gasteiger partial charge in [-0.1, -0.05) is 0 Å². The van der Waals surface area contributed by atoms with E-state index in [-0.39, 0.29) is 24.0 Å². The number of nitrogens with zero attached hydrogens (tertiary/aromatic N) is 2. The number of hydrogen-bond acceptors (Lipinski definition) is 4. The van der Waals surface area contributed by atoms with Gasteiger partial charge >= 0.3 is 0 Å². The number of halogens is 2. The van der Waals surface area contributed by atoms with Crippen molar-refractivity contribution in [3.63, 3.8) is 0 Å². The van der Waals surface area contributed by atoms with Crippen LogP contribution >= 0.6 is 0 Å². The Morgan fingerprint density at radius 3 is 3.04 bits per heavy atom. The predicted octanol–water partition coefficient (Wildman–Crippen LogP) is 2.67. The second-order valence-electron chi connectivity index (χ2n) is 6.40. The van der Waals surface area contributed by atoms with Crippen LogP contribution < -0.4 is 11.1 Å². The molecule has 1 aromatic carbocycles. The number of nitrogen functional groups attached to an aromatic ring is 1. The van der Waals surface area contributed by atoms with E-state index in [0.717, 1.165) is 5.69 Å². The fourth-order valence-corrected chi connectivity index (χ4v) is 3.68. The van der Waals surface area contributed by atoms with Gasteiger partial charge in [0.1, 0.15) is 17.8 Å². The molecule has 2 unspecified atom stereocenters. The summed E-state index contributed by atoms with van der Waals surface area (Å²) in [5.41, 5.74) is 8.61. The molecule has 0 spiro atoms. The van der Waals surface area contributed by atoms with E-state index in [1.54, 1.807) is 6.07 Å². The largest absolute Gasteiger partial charge is 0.385 e. The Morgan fingerprint density at radius 1 is 1.38 bits per heavy atom. The van der Waals surface area contributed by atoms with Gasteiger partial charge in [-0.25, -0.2) is 13.5 Å². The molecule has 7 heteroatoms. The highest BCUT2D eigenvalue weighted by Crippen LogP contribution is 2.35. The Bertz CT molecular complexity index is 817. The van der Waals surface area contributed by atoms with E-state index in [1.165, 1.54) is 16.8 Å². The zero-order valence-corrected chi connectivity index (χ0v) is 13.1. The van der Waals surface area contributed by atoms with Crippen molar-refractivity contribution in [2.45, 2.75) is 37.8 Å². The number of aromatic nitrogens is 2. The van der Waals surface area contributed by atoms with Crippen LogP contribution in [0.3, 0.4) is 0 Å². The maximum atomic E-state index is 13.6. The molecule has 0 bridgehead atoms. The molecule has 2 aliphatic rings. The highest BCUT2D eigenvalue weighted by molar-refractivity contribution is 5.89. The average Bonchev–Trinajstić information content (AvgIpc) is 2.90. The molecule has 0 saturated carbocycles. The van der Waals surface area contributed by atoms with Crippen molar-refractivity contribution in [1.29, 1.82) is 0 Å². The van der Waals surface area contributed by atoms with Crippen LogP contribution in [-0.4, -0.2) is 28.4 Å². The maximum absolute atomic E-state index is 13.6. The normalized spacial score (nSPS) is 22.4. The second-order valence-corrected chi connectivity index (χ2v) is 6.40. The summed E-state index contributed by atoms with van der Waals surface area (Å²) in [5, 5.41) is 7.34. The lowest BCUT2D eigenvalue weighted by Gasteiger charge is -2.26. The summed E-state index contributed by atoms with van der Waals surface area (Å²) in [7, 11) is 0. The van der Waals surface area contributed by atoms with Crippen LogP contribution in [0.4, 0.5) is 20.3 Å². The van der Waals surface area contributed by atoms with Gasteiger partial charge in [0.2, 0.25) is 0 Å². The third kappa shape index (κ3) is 2.35. The van der Waals surface area contributed by atoms with Gasteiger partial charge in [-0.2, -0.15) is 0 Å². The van der Waals surface area contributed by atoms with E-state index in [0.29, 0.717) is 42.6 Å². The maximum Gasteiger partial charge on any atom is 0.254 e. The first-order valence-corrected chi connectivity index (χ1v) is 8.12. The number of nitrogens with one attached hydrogen (secondary N) is 1. The van der Waals surface area contributed by atoms with Gasteiger partial charge < -0.3 is 11.1 Å².